The average molecular weight is 606 g/mol. The van der Waals surface area contributed by atoms with Crippen LogP contribution >= 0.6 is 0 Å². The Morgan fingerprint density at radius 1 is 1.00 bits per heavy atom. The Morgan fingerprint density at radius 2 is 1.68 bits per heavy atom. The molecule has 0 unspecified atom stereocenters. The summed E-state index contributed by atoms with van der Waals surface area (Å²) in [6.07, 6.45) is 5.70. The Labute approximate surface area is 257 Å². The van der Waals surface area contributed by atoms with Gasteiger partial charge in [0.25, 0.3) is 0 Å². The number of nitrogens with zero attached hydrogens (tertiary/aromatic N) is 6. The van der Waals surface area contributed by atoms with Gasteiger partial charge in [0, 0.05) is 36.3 Å². The standard InChI is InChI=1S/C32H43N7O5/c1-19(2)26-22-15-25(37-12-10-21(11-13-37)36-29(40)43-31(3,4)5)33-16-23(22)39(30(41)44-32(6,7)8)27(26)20-14-24(42-9)28-34-18-35-38(28)17-20/h14-19,21H,10-13H2,1-9H3,(H,36,40). The van der Waals surface area contributed by atoms with Crippen LogP contribution in [-0.2, 0) is 9.47 Å². The molecule has 1 aliphatic heterocycles. The number of hydrogen-bond donors (Lipinski definition) is 1. The number of nitrogens with one attached hydrogen (secondary N) is 1. The molecule has 44 heavy (non-hydrogen) atoms. The van der Waals surface area contributed by atoms with E-state index in [1.54, 1.807) is 22.4 Å². The van der Waals surface area contributed by atoms with Crippen molar-refractivity contribution in [3.8, 4) is 17.0 Å². The van der Waals surface area contributed by atoms with Crippen LogP contribution in [0.25, 0.3) is 27.8 Å². The van der Waals surface area contributed by atoms with E-state index in [1.807, 2.05) is 53.8 Å². The molecule has 0 spiro atoms. The summed E-state index contributed by atoms with van der Waals surface area (Å²) in [6, 6.07) is 3.96. The first kappa shape index (κ1) is 31.1. The van der Waals surface area contributed by atoms with Crippen LogP contribution < -0.4 is 15.0 Å². The van der Waals surface area contributed by atoms with Crippen molar-refractivity contribution in [1.82, 2.24) is 29.5 Å². The molecule has 12 heteroatoms. The Balaban J connectivity index is 1.56. The van der Waals surface area contributed by atoms with E-state index in [1.165, 1.54) is 6.33 Å². The van der Waals surface area contributed by atoms with E-state index in [-0.39, 0.29) is 12.0 Å². The van der Waals surface area contributed by atoms with Gasteiger partial charge in [-0.1, -0.05) is 13.8 Å². The highest BCUT2D eigenvalue weighted by Gasteiger charge is 2.30. The third-order valence-corrected chi connectivity index (χ3v) is 7.41. The first-order valence-corrected chi connectivity index (χ1v) is 15.0. The molecule has 0 bridgehead atoms. The van der Waals surface area contributed by atoms with Crippen molar-refractivity contribution >= 4 is 34.6 Å². The third-order valence-electron chi connectivity index (χ3n) is 7.41. The minimum absolute atomic E-state index is 0.0255. The molecule has 0 atom stereocenters. The lowest BCUT2D eigenvalue weighted by atomic mass is 9.96. The highest BCUT2D eigenvalue weighted by atomic mass is 16.6. The molecule has 236 valence electrons. The molecule has 0 radical (unpaired) electrons. The van der Waals surface area contributed by atoms with Gasteiger partial charge in [0.05, 0.1) is 24.5 Å². The highest BCUT2D eigenvalue weighted by Crippen LogP contribution is 2.41. The number of rotatable bonds is 5. The average Bonchev–Trinajstić information content (AvgIpc) is 3.53. The van der Waals surface area contributed by atoms with Gasteiger partial charge in [-0.2, -0.15) is 5.10 Å². The normalized spacial score (nSPS) is 14.8. The Kier molecular flexibility index (Phi) is 8.21. The zero-order chi connectivity index (χ0) is 32.0. The molecule has 4 aromatic heterocycles. The van der Waals surface area contributed by atoms with Crippen LogP contribution in [0.1, 0.15) is 79.7 Å². The number of piperidine rings is 1. The van der Waals surface area contributed by atoms with E-state index in [2.05, 4.69) is 40.2 Å². The van der Waals surface area contributed by atoms with Crippen LogP contribution in [0, 0.1) is 0 Å². The summed E-state index contributed by atoms with van der Waals surface area (Å²) in [6.45, 7) is 16.8. The zero-order valence-corrected chi connectivity index (χ0v) is 27.1. The van der Waals surface area contributed by atoms with E-state index in [0.29, 0.717) is 22.6 Å². The summed E-state index contributed by atoms with van der Waals surface area (Å²) >= 11 is 0. The van der Waals surface area contributed by atoms with Gasteiger partial charge in [0.15, 0.2) is 11.4 Å². The first-order chi connectivity index (χ1) is 20.6. The van der Waals surface area contributed by atoms with Crippen LogP contribution in [0.3, 0.4) is 0 Å². The van der Waals surface area contributed by atoms with Gasteiger partial charge in [-0.15, -0.1) is 0 Å². The molecule has 4 aromatic rings. The molecular weight excluding hydrogens is 562 g/mol. The van der Waals surface area contributed by atoms with Gasteiger partial charge >= 0.3 is 12.2 Å². The summed E-state index contributed by atoms with van der Waals surface area (Å²) in [5.41, 5.74) is 2.40. The number of methoxy groups -OCH3 is 1. The van der Waals surface area contributed by atoms with Gasteiger partial charge in [-0.3, -0.25) is 0 Å². The van der Waals surface area contributed by atoms with E-state index in [0.717, 1.165) is 48.3 Å². The van der Waals surface area contributed by atoms with Gasteiger partial charge in [-0.25, -0.2) is 28.6 Å². The predicted molar refractivity (Wildman–Crippen MR) is 169 cm³/mol. The lowest BCUT2D eigenvalue weighted by Gasteiger charge is -2.33. The second kappa shape index (κ2) is 11.6. The number of hydrogen-bond acceptors (Lipinski definition) is 9. The number of carbonyl (C=O) groups excluding carboxylic acids is 2. The topological polar surface area (TPSA) is 125 Å². The Bertz CT molecular complexity index is 1690. The molecule has 5 rings (SSSR count). The summed E-state index contributed by atoms with van der Waals surface area (Å²) in [5, 5.41) is 8.25. The lowest BCUT2D eigenvalue weighted by Crippen LogP contribution is -2.46. The predicted octanol–water partition coefficient (Wildman–Crippen LogP) is 6.15. The second-order valence-electron chi connectivity index (χ2n) is 13.5. The van der Waals surface area contributed by atoms with Crippen LogP contribution in [0.5, 0.6) is 5.75 Å². The fourth-order valence-electron chi connectivity index (χ4n) is 5.64. The zero-order valence-electron chi connectivity index (χ0n) is 27.1. The van der Waals surface area contributed by atoms with Crippen molar-refractivity contribution in [2.24, 2.45) is 0 Å². The van der Waals surface area contributed by atoms with Crippen molar-refractivity contribution in [3.63, 3.8) is 0 Å². The number of anilines is 1. The minimum Gasteiger partial charge on any atom is -0.493 e. The minimum atomic E-state index is -0.707. The summed E-state index contributed by atoms with van der Waals surface area (Å²) in [5.74, 6) is 1.40. The maximum absolute atomic E-state index is 13.9. The monoisotopic (exact) mass is 605 g/mol. The Hall–Kier alpha value is -4.35. The van der Waals surface area contributed by atoms with Crippen LogP contribution in [0.15, 0.2) is 30.9 Å². The molecule has 0 saturated carbocycles. The van der Waals surface area contributed by atoms with E-state index >= 15 is 0 Å². The van der Waals surface area contributed by atoms with Crippen molar-refractivity contribution in [2.45, 2.75) is 91.4 Å². The third kappa shape index (κ3) is 6.44. The number of fused-ring (bicyclic) bond motifs is 2. The Morgan fingerprint density at radius 3 is 2.30 bits per heavy atom. The van der Waals surface area contributed by atoms with Crippen molar-refractivity contribution in [1.29, 1.82) is 0 Å². The maximum Gasteiger partial charge on any atom is 0.419 e. The number of carbonyl (C=O) groups is 2. The molecule has 1 saturated heterocycles. The molecule has 1 amide bonds. The maximum atomic E-state index is 13.9. The van der Waals surface area contributed by atoms with E-state index in [9.17, 15) is 9.59 Å². The van der Waals surface area contributed by atoms with Crippen molar-refractivity contribution < 1.29 is 23.8 Å². The second-order valence-corrected chi connectivity index (χ2v) is 13.5. The number of aromatic nitrogens is 5. The molecule has 0 aromatic carbocycles. The molecule has 5 heterocycles. The molecular formula is C32H43N7O5. The number of amides is 1. The van der Waals surface area contributed by atoms with E-state index < -0.39 is 23.4 Å². The van der Waals surface area contributed by atoms with E-state index in [4.69, 9.17) is 19.2 Å². The van der Waals surface area contributed by atoms with Crippen LogP contribution in [0.2, 0.25) is 0 Å². The summed E-state index contributed by atoms with van der Waals surface area (Å²) in [7, 11) is 1.59. The molecule has 0 aliphatic carbocycles. The van der Waals surface area contributed by atoms with Crippen LogP contribution in [-0.4, -0.2) is 73.8 Å². The molecule has 12 nitrogen and oxygen atoms in total. The van der Waals surface area contributed by atoms with Gasteiger partial charge in [0.1, 0.15) is 23.3 Å². The SMILES string of the molecule is COc1cc(-c2c(C(C)C)c3cc(N4CCC(NC(=O)OC(C)(C)C)CC4)ncc3n2C(=O)OC(C)(C)C)cn2ncnc12. The van der Waals surface area contributed by atoms with Gasteiger partial charge in [-0.05, 0) is 78.0 Å². The smallest absolute Gasteiger partial charge is 0.419 e. The number of pyridine rings is 2. The molecule has 1 aliphatic rings. The molecule has 1 fully saturated rings. The largest absolute Gasteiger partial charge is 0.493 e. The summed E-state index contributed by atoms with van der Waals surface area (Å²) < 4.78 is 20.3. The molecule has 1 N–H and O–H groups in total. The summed E-state index contributed by atoms with van der Waals surface area (Å²) in [4.78, 5) is 37.5. The number of alkyl carbamates (subject to hydrolysis) is 1. The van der Waals surface area contributed by atoms with Crippen molar-refractivity contribution in [2.75, 3.05) is 25.1 Å². The quantitative estimate of drug-likeness (QED) is 0.285. The van der Waals surface area contributed by atoms with Gasteiger partial charge < -0.3 is 24.4 Å². The van der Waals surface area contributed by atoms with Crippen molar-refractivity contribution in [3.05, 3.63) is 36.4 Å². The fourth-order valence-corrected chi connectivity index (χ4v) is 5.64. The van der Waals surface area contributed by atoms with Crippen LogP contribution in [0.4, 0.5) is 15.4 Å². The number of ether oxygens (including phenoxy) is 3. The van der Waals surface area contributed by atoms with Gasteiger partial charge in [0.2, 0.25) is 0 Å². The fraction of sp³-hybridized carbons (Fsp3) is 0.531. The lowest BCUT2D eigenvalue weighted by molar-refractivity contribution is 0.0494. The first-order valence-electron chi connectivity index (χ1n) is 15.0. The highest BCUT2D eigenvalue weighted by molar-refractivity contribution is 6.00.